The first-order chi connectivity index (χ1) is 9.97. The predicted octanol–water partition coefficient (Wildman–Crippen LogP) is 1.16. The van der Waals surface area contributed by atoms with Crippen LogP contribution in [0, 0.1) is 5.92 Å². The first-order valence-electron chi connectivity index (χ1n) is 6.67. The summed E-state index contributed by atoms with van der Waals surface area (Å²) in [6, 6.07) is 5.23. The van der Waals surface area contributed by atoms with E-state index in [-0.39, 0.29) is 11.9 Å². The molecule has 1 saturated carbocycles. The highest BCUT2D eigenvalue weighted by atomic mass is 16.4. The lowest BCUT2D eigenvalue weighted by atomic mass is 10.0. The molecule has 2 atom stereocenters. The van der Waals surface area contributed by atoms with Crippen molar-refractivity contribution >= 4 is 23.6 Å². The molecule has 0 bridgehead atoms. The van der Waals surface area contributed by atoms with Gasteiger partial charge in [0.05, 0.1) is 5.92 Å². The Balaban J connectivity index is 2.06. The van der Waals surface area contributed by atoms with Gasteiger partial charge in [0, 0.05) is 17.3 Å². The highest BCUT2D eigenvalue weighted by Crippen LogP contribution is 2.26. The van der Waals surface area contributed by atoms with E-state index >= 15 is 0 Å². The van der Waals surface area contributed by atoms with Crippen LogP contribution < -0.4 is 16.4 Å². The summed E-state index contributed by atoms with van der Waals surface area (Å²) in [7, 11) is 0. The molecule has 5 N–H and O–H groups in total. The van der Waals surface area contributed by atoms with Crippen molar-refractivity contribution in [2.24, 2.45) is 11.7 Å². The third-order valence-electron chi connectivity index (χ3n) is 3.54. The minimum atomic E-state index is -0.887. The number of aliphatic carboxylic acids is 1. The molecule has 112 valence electrons. The molecule has 21 heavy (non-hydrogen) atoms. The van der Waals surface area contributed by atoms with E-state index in [0.717, 1.165) is 6.42 Å². The first-order valence-corrected chi connectivity index (χ1v) is 6.67. The number of rotatable bonds is 4. The van der Waals surface area contributed by atoms with Gasteiger partial charge in [-0.3, -0.25) is 9.59 Å². The largest absolute Gasteiger partial charge is 0.481 e. The third-order valence-corrected chi connectivity index (χ3v) is 3.54. The Labute approximate surface area is 121 Å². The molecule has 1 aromatic rings. The lowest BCUT2D eigenvalue weighted by molar-refractivity contribution is -0.142. The van der Waals surface area contributed by atoms with Crippen LogP contribution in [0.3, 0.4) is 0 Å². The van der Waals surface area contributed by atoms with Crippen LogP contribution >= 0.6 is 0 Å². The van der Waals surface area contributed by atoms with Gasteiger partial charge in [0.1, 0.15) is 0 Å². The van der Waals surface area contributed by atoms with Gasteiger partial charge in [-0.1, -0.05) is 12.5 Å². The lowest BCUT2D eigenvalue weighted by Crippen LogP contribution is -2.40. The summed E-state index contributed by atoms with van der Waals surface area (Å²) < 4.78 is 0. The molecule has 0 radical (unpaired) electrons. The summed E-state index contributed by atoms with van der Waals surface area (Å²) in [6.07, 6.45) is 2.01. The number of anilines is 1. The average Bonchev–Trinajstić information content (AvgIpc) is 2.86. The molecule has 3 amide bonds. The summed E-state index contributed by atoms with van der Waals surface area (Å²) in [5, 5.41) is 14.2. The normalized spacial score (nSPS) is 20.8. The van der Waals surface area contributed by atoms with Crippen LogP contribution in [0.4, 0.5) is 10.5 Å². The Morgan fingerprint density at radius 3 is 2.67 bits per heavy atom. The van der Waals surface area contributed by atoms with Gasteiger partial charge in [0.15, 0.2) is 0 Å². The number of carbonyl (C=O) groups is 3. The average molecular weight is 291 g/mol. The topological polar surface area (TPSA) is 122 Å². The van der Waals surface area contributed by atoms with Crippen LogP contribution in [0.2, 0.25) is 0 Å². The Morgan fingerprint density at radius 1 is 1.24 bits per heavy atom. The fraction of sp³-hybridized carbons (Fsp3) is 0.357. The van der Waals surface area contributed by atoms with Crippen molar-refractivity contribution in [2.45, 2.75) is 25.3 Å². The minimum Gasteiger partial charge on any atom is -0.481 e. The number of primary amides is 1. The molecule has 0 heterocycles. The molecule has 1 fully saturated rings. The number of benzene rings is 1. The standard InChI is InChI=1S/C14H17N3O4/c15-14(21)16-9-4-1-3-8(7-9)12(18)17-11-6-2-5-10(11)13(19)20/h1,3-4,7,10-11H,2,5-6H2,(H,17,18)(H,19,20)(H3,15,16,21)/t10-,11+/m0/s1. The fourth-order valence-corrected chi connectivity index (χ4v) is 2.56. The number of urea groups is 1. The molecule has 7 nitrogen and oxygen atoms in total. The van der Waals surface area contributed by atoms with Gasteiger partial charge in [0.2, 0.25) is 0 Å². The second-order valence-corrected chi connectivity index (χ2v) is 5.03. The highest BCUT2D eigenvalue weighted by Gasteiger charge is 2.33. The van der Waals surface area contributed by atoms with E-state index in [1.807, 2.05) is 0 Å². The molecule has 0 saturated heterocycles. The number of amides is 3. The Kier molecular flexibility index (Phi) is 4.42. The van der Waals surface area contributed by atoms with Crippen LogP contribution in [0.1, 0.15) is 29.6 Å². The second kappa shape index (κ2) is 6.25. The van der Waals surface area contributed by atoms with Crippen molar-refractivity contribution in [3.05, 3.63) is 29.8 Å². The van der Waals surface area contributed by atoms with Gasteiger partial charge >= 0.3 is 12.0 Å². The van der Waals surface area contributed by atoms with E-state index in [0.29, 0.717) is 24.1 Å². The van der Waals surface area contributed by atoms with Gasteiger partial charge in [0.25, 0.3) is 5.91 Å². The Bertz CT molecular complexity index is 573. The van der Waals surface area contributed by atoms with E-state index in [4.69, 9.17) is 10.8 Å². The van der Waals surface area contributed by atoms with Gasteiger partial charge < -0.3 is 21.5 Å². The molecule has 0 unspecified atom stereocenters. The number of nitrogens with one attached hydrogen (secondary N) is 2. The van der Waals surface area contributed by atoms with Crippen molar-refractivity contribution in [3.63, 3.8) is 0 Å². The van der Waals surface area contributed by atoms with Crippen LogP contribution in [0.15, 0.2) is 24.3 Å². The Hall–Kier alpha value is -2.57. The van der Waals surface area contributed by atoms with Crippen molar-refractivity contribution < 1.29 is 19.5 Å². The van der Waals surface area contributed by atoms with Crippen molar-refractivity contribution in [1.29, 1.82) is 0 Å². The monoisotopic (exact) mass is 291 g/mol. The van der Waals surface area contributed by atoms with E-state index in [2.05, 4.69) is 10.6 Å². The summed E-state index contributed by atoms with van der Waals surface area (Å²) >= 11 is 0. The first kappa shape index (κ1) is 14.8. The maximum absolute atomic E-state index is 12.2. The molecule has 0 aromatic heterocycles. The zero-order valence-corrected chi connectivity index (χ0v) is 11.3. The lowest BCUT2D eigenvalue weighted by Gasteiger charge is -2.17. The molecular weight excluding hydrogens is 274 g/mol. The third kappa shape index (κ3) is 3.71. The van der Waals surface area contributed by atoms with Crippen molar-refractivity contribution in [3.8, 4) is 0 Å². The molecule has 7 heteroatoms. The van der Waals surface area contributed by atoms with Gasteiger partial charge in [-0.15, -0.1) is 0 Å². The molecule has 1 aromatic carbocycles. The summed E-state index contributed by atoms with van der Waals surface area (Å²) in [6.45, 7) is 0. The zero-order chi connectivity index (χ0) is 15.4. The molecule has 2 rings (SSSR count). The van der Waals surface area contributed by atoms with Crippen LogP contribution in [0.25, 0.3) is 0 Å². The number of carboxylic acids is 1. The molecule has 0 spiro atoms. The fourth-order valence-electron chi connectivity index (χ4n) is 2.56. The number of nitrogens with two attached hydrogens (primary N) is 1. The number of carboxylic acid groups (broad SMARTS) is 1. The Morgan fingerprint density at radius 2 is 2.00 bits per heavy atom. The maximum atomic E-state index is 12.2. The predicted molar refractivity (Wildman–Crippen MR) is 75.9 cm³/mol. The molecule has 1 aliphatic rings. The SMILES string of the molecule is NC(=O)Nc1cccc(C(=O)N[C@@H]2CCC[C@@H]2C(=O)O)c1. The molecular formula is C14H17N3O4. The quantitative estimate of drug-likeness (QED) is 0.665. The number of carbonyl (C=O) groups excluding carboxylic acids is 2. The van der Waals surface area contributed by atoms with Crippen molar-refractivity contribution in [2.75, 3.05) is 5.32 Å². The molecule has 0 aliphatic heterocycles. The highest BCUT2D eigenvalue weighted by molar-refractivity contribution is 5.97. The van der Waals surface area contributed by atoms with E-state index in [1.165, 1.54) is 6.07 Å². The number of hydrogen-bond acceptors (Lipinski definition) is 3. The summed E-state index contributed by atoms with van der Waals surface area (Å²) in [4.78, 5) is 34.0. The maximum Gasteiger partial charge on any atom is 0.316 e. The van der Waals surface area contributed by atoms with E-state index < -0.39 is 17.9 Å². The zero-order valence-electron chi connectivity index (χ0n) is 11.3. The minimum absolute atomic E-state index is 0.345. The summed E-state index contributed by atoms with van der Waals surface area (Å²) in [5.74, 6) is -1.79. The molecule has 1 aliphatic carbocycles. The van der Waals surface area contributed by atoms with Gasteiger partial charge in [-0.05, 0) is 31.0 Å². The second-order valence-electron chi connectivity index (χ2n) is 5.03. The van der Waals surface area contributed by atoms with Crippen LogP contribution in [-0.4, -0.2) is 29.1 Å². The van der Waals surface area contributed by atoms with E-state index in [1.54, 1.807) is 18.2 Å². The number of hydrogen-bond donors (Lipinski definition) is 4. The van der Waals surface area contributed by atoms with E-state index in [9.17, 15) is 14.4 Å². The summed E-state index contributed by atoms with van der Waals surface area (Å²) in [5.41, 5.74) is 5.78. The van der Waals surface area contributed by atoms with Gasteiger partial charge in [-0.25, -0.2) is 4.79 Å². The smallest absolute Gasteiger partial charge is 0.316 e. The van der Waals surface area contributed by atoms with Gasteiger partial charge in [-0.2, -0.15) is 0 Å². The van der Waals surface area contributed by atoms with Crippen LogP contribution in [0.5, 0.6) is 0 Å². The van der Waals surface area contributed by atoms with Crippen molar-refractivity contribution in [1.82, 2.24) is 5.32 Å². The van der Waals surface area contributed by atoms with Crippen LogP contribution in [-0.2, 0) is 4.79 Å².